The van der Waals surface area contributed by atoms with Crippen LogP contribution in [0.15, 0.2) is 68.9 Å². The number of carboxylic acid groups (broad SMARTS) is 1. The van der Waals surface area contributed by atoms with Crippen molar-refractivity contribution in [1.29, 1.82) is 0 Å². The molecule has 4 fully saturated rings. The number of hydrogen-bond acceptors (Lipinski definition) is 14. The van der Waals surface area contributed by atoms with Crippen LogP contribution in [-0.2, 0) is 154 Å². The largest absolute Gasteiger partial charge is 0.480 e. The van der Waals surface area contributed by atoms with Crippen molar-refractivity contribution in [2.45, 2.75) is 82.1 Å². The number of amides is 4. The minimum Gasteiger partial charge on any atom is -0.480 e. The van der Waals surface area contributed by atoms with Gasteiger partial charge in [0.05, 0.1) is 30.3 Å². The van der Waals surface area contributed by atoms with E-state index in [0.717, 1.165) is 31.5 Å². The fourth-order valence-corrected chi connectivity index (χ4v) is 13.3. The summed E-state index contributed by atoms with van der Waals surface area (Å²) in [5, 5.41) is 18.0. The number of aliphatic carboxylic acids is 1. The number of carboxylic acids is 1. The summed E-state index contributed by atoms with van der Waals surface area (Å²) in [6.45, 7) is 20.7. The maximum atomic E-state index is 12.7. The standard InChI is InChI=1S/C22H27NO4.C11H11NO4.C11H18O.S5.S4.S3/c1-11-12(2)14(4)22(5,13(11)3)10-27-17(24)9-23-20(25)18-15-6-7-16(8-15)19(18)21(23)26;13-7(14)4-12-10(15)8-5-1-2-6(3-5)9(8)11(12)16;1-7-8(2)10(4)11(5,6-12)9(7)3;1-3-5-4-2;1-3-4-2;1-3-2/h6-7,15-16,18-19H,8-10H2,1-5H3;1-2,5-6,8-9H,3-4H2,(H,13,14);12H,6H2,1-5H3;;;. The van der Waals surface area contributed by atoms with E-state index in [1.165, 1.54) is 89.0 Å². The number of ether oxygens (including phenoxy) is 1. The van der Waals surface area contributed by atoms with Gasteiger partial charge in [0, 0.05) is 131 Å². The average molecular weight is 1140 g/mol. The molecule has 8 atom stereocenters. The summed E-state index contributed by atoms with van der Waals surface area (Å²) in [4.78, 5) is 74.3. The van der Waals surface area contributed by atoms with E-state index in [-0.39, 0.29) is 102 Å². The van der Waals surface area contributed by atoms with Gasteiger partial charge in [-0.1, -0.05) is 46.6 Å². The lowest BCUT2D eigenvalue weighted by atomic mass is 9.80. The van der Waals surface area contributed by atoms with Gasteiger partial charge in [-0.15, -0.1) is 0 Å². The smallest absolute Gasteiger partial charge is 0.326 e. The van der Waals surface area contributed by atoms with Crippen molar-refractivity contribution < 1.29 is 43.7 Å². The Kier molecular flexibility index (Phi) is 23.2. The maximum Gasteiger partial charge on any atom is 0.326 e. The molecule has 0 aromatic heterocycles. The van der Waals surface area contributed by atoms with Crippen molar-refractivity contribution in [3.05, 3.63) is 68.9 Å². The van der Waals surface area contributed by atoms with Crippen molar-refractivity contribution in [3.63, 3.8) is 0 Å². The SMILES string of the molecule is CC1=C(C)C(C)(CO)C(C)=C1C.CC1=C(C)C(C)(COC(=O)CN2C(=O)C3C4C=CC(C4)C3C2=O)C(C)=C1C.O=C(O)CN1C(=O)C2C3C=CC(C3)C2C1=O.S=S=S.S=S=S=S.S=S=S=S=S. The molecule has 6 aliphatic carbocycles. The summed E-state index contributed by atoms with van der Waals surface area (Å²) in [5.41, 5.74) is 9.83. The van der Waals surface area contributed by atoms with Crippen LogP contribution in [0.25, 0.3) is 0 Å². The second-order valence-electron chi connectivity index (χ2n) is 17.8. The van der Waals surface area contributed by atoms with Gasteiger partial charge >= 0.3 is 11.9 Å². The van der Waals surface area contributed by atoms with Crippen LogP contribution in [0.4, 0.5) is 0 Å². The third-order valence-electron chi connectivity index (χ3n) is 15.3. The van der Waals surface area contributed by atoms with Gasteiger partial charge in [-0.3, -0.25) is 38.6 Å². The summed E-state index contributed by atoms with van der Waals surface area (Å²) in [6.07, 6.45) is 9.83. The van der Waals surface area contributed by atoms with E-state index in [9.17, 15) is 33.9 Å². The van der Waals surface area contributed by atoms with E-state index < -0.39 is 18.5 Å². The lowest BCUT2D eigenvalue weighted by Gasteiger charge is -2.29. The first-order chi connectivity index (χ1) is 31.4. The van der Waals surface area contributed by atoms with Gasteiger partial charge in [0.1, 0.15) is 19.7 Å². The highest BCUT2D eigenvalue weighted by atomic mass is 33.3. The molecule has 0 radical (unpaired) electrons. The number of aliphatic hydroxyl groups is 1. The van der Waals surface area contributed by atoms with E-state index in [0.29, 0.717) is 0 Å². The number of esters is 1. The van der Waals surface area contributed by atoms with Crippen LogP contribution in [0.1, 0.15) is 82.1 Å². The van der Waals surface area contributed by atoms with Crippen molar-refractivity contribution in [2.75, 3.05) is 26.3 Å². The Labute approximate surface area is 440 Å². The number of likely N-dealkylation sites (tertiary alicyclic amines) is 2. The Morgan fingerprint density at radius 1 is 0.582 bits per heavy atom. The van der Waals surface area contributed by atoms with Crippen LogP contribution in [0.3, 0.4) is 0 Å². The first kappa shape index (κ1) is 59.6. The third-order valence-corrected chi connectivity index (χ3v) is 22.0. The number of rotatable bonds is 7. The first-order valence-corrected chi connectivity index (χ1v) is 33.0. The van der Waals surface area contributed by atoms with Gasteiger partial charge in [0.25, 0.3) is 0 Å². The first-order valence-electron chi connectivity index (χ1n) is 21.0. The second-order valence-corrected chi connectivity index (χ2v) is 28.4. The van der Waals surface area contributed by atoms with Crippen molar-refractivity contribution in [1.82, 2.24) is 9.80 Å². The third kappa shape index (κ3) is 12.7. The second kappa shape index (κ2) is 26.1. The quantitative estimate of drug-likeness (QED) is 0.186. The summed E-state index contributed by atoms with van der Waals surface area (Å²) >= 11 is 25.8. The van der Waals surface area contributed by atoms with Crippen molar-refractivity contribution in [3.8, 4) is 0 Å². The van der Waals surface area contributed by atoms with Gasteiger partial charge in [-0.25, -0.2) is 0 Å². The molecule has 2 saturated heterocycles. The van der Waals surface area contributed by atoms with Crippen LogP contribution < -0.4 is 0 Å². The zero-order valence-electron chi connectivity index (χ0n) is 38.7. The van der Waals surface area contributed by atoms with E-state index >= 15 is 0 Å². The van der Waals surface area contributed by atoms with Crippen molar-refractivity contribution in [2.24, 2.45) is 58.2 Å². The van der Waals surface area contributed by atoms with Gasteiger partial charge < -0.3 is 14.9 Å². The van der Waals surface area contributed by atoms with Crippen molar-refractivity contribution >= 4 is 156 Å². The Bertz CT molecular complexity index is 2400. The molecule has 0 aromatic carbocycles. The molecule has 2 saturated carbocycles. The molecule has 8 aliphatic rings. The minimum absolute atomic E-state index is 0.0891. The minimum atomic E-state index is -1.14. The number of allylic oxidation sites excluding steroid dienone is 8. The Hall–Kier alpha value is -1.74. The zero-order valence-corrected chi connectivity index (χ0v) is 48.5. The van der Waals surface area contributed by atoms with Crippen LogP contribution in [-0.4, -0.2) is 81.9 Å². The number of nitrogens with zero attached hydrogens (tertiary/aromatic N) is 2. The van der Waals surface area contributed by atoms with E-state index in [4.69, 9.17) is 9.84 Å². The molecule has 11 nitrogen and oxygen atoms in total. The Balaban J connectivity index is 0.000000253. The van der Waals surface area contributed by atoms with E-state index in [2.05, 4.69) is 149 Å². The normalized spacial score (nSPS) is 27.9. The number of aliphatic hydroxyl groups excluding tert-OH is 1. The molecular weight excluding hydrogens is 1090 g/mol. The topological polar surface area (TPSA) is 159 Å². The number of carbonyl (C=O) groups is 6. The number of hydrogen-bond donors (Lipinski definition) is 2. The molecule has 2 aliphatic heterocycles. The van der Waals surface area contributed by atoms with Crippen LogP contribution in [0, 0.1) is 58.2 Å². The monoisotopic (exact) mass is 1140 g/mol. The molecule has 23 heteroatoms. The molecule has 4 bridgehead atoms. The zero-order chi connectivity index (χ0) is 50.9. The fraction of sp³-hybridized carbons (Fsp3) is 0.591. The highest BCUT2D eigenvalue weighted by Gasteiger charge is 2.60. The highest BCUT2D eigenvalue weighted by molar-refractivity contribution is 8.59. The van der Waals surface area contributed by atoms with Gasteiger partial charge in [0.2, 0.25) is 23.6 Å². The average Bonchev–Trinajstić information content (AvgIpc) is 4.21. The molecule has 4 amide bonds. The van der Waals surface area contributed by atoms with Gasteiger partial charge in [-0.05, 0) is 128 Å². The number of carbonyl (C=O) groups excluding carboxylic acids is 5. The molecule has 8 unspecified atom stereocenters. The van der Waals surface area contributed by atoms with E-state index in [1.54, 1.807) is 0 Å². The molecule has 2 N–H and O–H groups in total. The summed E-state index contributed by atoms with van der Waals surface area (Å²) in [6, 6.07) is 0. The van der Waals surface area contributed by atoms with Gasteiger partial charge in [0.15, 0.2) is 0 Å². The Morgan fingerprint density at radius 3 is 1.12 bits per heavy atom. The molecule has 0 aromatic rings. The summed E-state index contributed by atoms with van der Waals surface area (Å²) in [7, 11) is 7.21. The highest BCUT2D eigenvalue weighted by Crippen LogP contribution is 2.54. The van der Waals surface area contributed by atoms with E-state index in [1.807, 2.05) is 12.2 Å². The molecule has 8 rings (SSSR count). The summed E-state index contributed by atoms with van der Waals surface area (Å²) in [5.74, 6) is -3.18. The van der Waals surface area contributed by atoms with Crippen LogP contribution in [0.5, 0.6) is 0 Å². The predicted molar refractivity (Wildman–Crippen MR) is 293 cm³/mol. The predicted octanol–water partition coefficient (Wildman–Crippen LogP) is 5.55. The number of imide groups is 2. The molecular formula is C44H56N2O9S12. The maximum absolute atomic E-state index is 12.7. The van der Waals surface area contributed by atoms with Crippen LogP contribution in [0.2, 0.25) is 0 Å². The molecule has 67 heavy (non-hydrogen) atoms. The number of fused-ring (bicyclic) bond motifs is 10. The lowest BCUT2D eigenvalue weighted by molar-refractivity contribution is -0.154. The fourth-order valence-electron chi connectivity index (χ4n) is 10.6. The van der Waals surface area contributed by atoms with Gasteiger partial charge in [-0.2, -0.15) is 0 Å². The Morgan fingerprint density at radius 2 is 0.881 bits per heavy atom. The lowest BCUT2D eigenvalue weighted by Crippen LogP contribution is -2.39. The molecule has 2 heterocycles. The molecule has 0 spiro atoms. The molecule has 368 valence electrons. The summed E-state index contributed by atoms with van der Waals surface area (Å²) < 4.78 is 5.55. The van der Waals surface area contributed by atoms with Crippen LogP contribution >= 0.6 is 0 Å².